The topological polar surface area (TPSA) is 54.9 Å². The number of fused-ring (bicyclic) bond motifs is 1. The van der Waals surface area contributed by atoms with Gasteiger partial charge in [-0.05, 0) is 43.2 Å². The molecule has 0 aliphatic carbocycles. The van der Waals surface area contributed by atoms with Crippen LogP contribution in [-0.2, 0) is 4.74 Å². The van der Waals surface area contributed by atoms with Crippen molar-refractivity contribution in [3.63, 3.8) is 0 Å². The smallest absolute Gasteiger partial charge is 0.260 e. The number of rotatable bonds is 7. The summed E-state index contributed by atoms with van der Waals surface area (Å²) in [4.78, 5) is 22.4. The van der Waals surface area contributed by atoms with Gasteiger partial charge in [-0.1, -0.05) is 40.6 Å². The number of aryl methyl sites for hydroxylation is 1. The highest BCUT2D eigenvalue weighted by Gasteiger charge is 2.24. The molecule has 3 aromatic rings. The van der Waals surface area contributed by atoms with Crippen molar-refractivity contribution in [1.29, 1.82) is 0 Å². The lowest BCUT2D eigenvalue weighted by Gasteiger charge is -2.27. The number of carbonyl (C=O) groups excluding carboxylic acids is 1. The predicted molar refractivity (Wildman–Crippen MR) is 131 cm³/mol. The number of anilines is 1. The van der Waals surface area contributed by atoms with Gasteiger partial charge >= 0.3 is 0 Å². The van der Waals surface area contributed by atoms with E-state index >= 15 is 0 Å². The van der Waals surface area contributed by atoms with Gasteiger partial charge < -0.3 is 9.47 Å². The minimum atomic E-state index is -0.174. The van der Waals surface area contributed by atoms with Crippen molar-refractivity contribution in [1.82, 2.24) is 9.88 Å². The maximum absolute atomic E-state index is 13.6. The Kier molecular flexibility index (Phi) is 7.53. The van der Waals surface area contributed by atoms with E-state index in [-0.39, 0.29) is 5.91 Å². The van der Waals surface area contributed by atoms with Crippen LogP contribution in [-0.4, -0.2) is 62.3 Å². The summed E-state index contributed by atoms with van der Waals surface area (Å²) in [6, 6.07) is 8.81. The summed E-state index contributed by atoms with van der Waals surface area (Å²) in [6.07, 6.45) is 0.812. The fraction of sp³-hybridized carbons (Fsp3) is 0.391. The standard InChI is InChI=1S/C23H25Cl2N3O3S/c1-15-4-5-19(30-2)20-21(15)32-23(26-20)28(7-3-6-27-8-10-31-11-9-27)22(29)16-12-17(24)14-18(25)13-16/h4-5,12-14H,3,6-11H2,1-2H3. The highest BCUT2D eigenvalue weighted by atomic mass is 35.5. The SMILES string of the molecule is COc1ccc(C)c2sc(N(CCCN3CCOCC3)C(=O)c3cc(Cl)cc(Cl)c3)nc12. The van der Waals surface area contributed by atoms with Crippen LogP contribution in [0.4, 0.5) is 5.13 Å². The monoisotopic (exact) mass is 493 g/mol. The lowest BCUT2D eigenvalue weighted by molar-refractivity contribution is 0.0376. The second kappa shape index (κ2) is 10.4. The molecule has 6 nitrogen and oxygen atoms in total. The molecule has 1 aromatic heterocycles. The summed E-state index contributed by atoms with van der Waals surface area (Å²) in [7, 11) is 1.63. The molecule has 0 bridgehead atoms. The molecule has 1 fully saturated rings. The zero-order valence-corrected chi connectivity index (χ0v) is 20.4. The van der Waals surface area contributed by atoms with Crippen molar-refractivity contribution in [2.24, 2.45) is 0 Å². The van der Waals surface area contributed by atoms with Gasteiger partial charge in [-0.2, -0.15) is 0 Å². The van der Waals surface area contributed by atoms with Crippen molar-refractivity contribution in [3.8, 4) is 5.75 Å². The molecule has 170 valence electrons. The Morgan fingerprint density at radius 2 is 1.94 bits per heavy atom. The third-order valence-electron chi connectivity index (χ3n) is 5.46. The highest BCUT2D eigenvalue weighted by Crippen LogP contribution is 2.37. The molecule has 2 heterocycles. The Balaban J connectivity index is 1.65. The maximum atomic E-state index is 13.6. The third-order valence-corrected chi connectivity index (χ3v) is 7.11. The van der Waals surface area contributed by atoms with Crippen LogP contribution in [0.3, 0.4) is 0 Å². The fourth-order valence-electron chi connectivity index (χ4n) is 3.77. The fourth-order valence-corrected chi connectivity index (χ4v) is 5.37. The number of amides is 1. The first-order valence-electron chi connectivity index (χ1n) is 10.5. The molecule has 32 heavy (non-hydrogen) atoms. The van der Waals surface area contributed by atoms with Gasteiger partial charge in [0.15, 0.2) is 5.13 Å². The number of nitrogens with zero attached hydrogens (tertiary/aromatic N) is 3. The van der Waals surface area contributed by atoms with Gasteiger partial charge in [0.2, 0.25) is 0 Å². The van der Waals surface area contributed by atoms with Crippen molar-refractivity contribution in [2.75, 3.05) is 51.4 Å². The second-order valence-electron chi connectivity index (χ2n) is 7.68. The number of hydrogen-bond donors (Lipinski definition) is 0. The van der Waals surface area contributed by atoms with E-state index in [1.807, 2.05) is 19.1 Å². The molecular formula is C23H25Cl2N3O3S. The molecule has 2 aromatic carbocycles. The molecule has 1 aliphatic heterocycles. The number of ether oxygens (including phenoxy) is 2. The van der Waals surface area contributed by atoms with E-state index in [0.717, 1.165) is 55.0 Å². The first-order chi connectivity index (χ1) is 15.5. The van der Waals surface area contributed by atoms with Crippen LogP contribution in [0, 0.1) is 6.92 Å². The third kappa shape index (κ3) is 5.18. The second-order valence-corrected chi connectivity index (χ2v) is 9.53. The number of halogens is 2. The molecule has 0 saturated carbocycles. The summed E-state index contributed by atoms with van der Waals surface area (Å²) in [5.74, 6) is 0.520. The molecule has 4 rings (SSSR count). The number of thiazole rings is 1. The molecule has 1 amide bonds. The molecular weight excluding hydrogens is 469 g/mol. The predicted octanol–water partition coefficient (Wildman–Crippen LogP) is 5.29. The van der Waals surface area contributed by atoms with Crippen LogP contribution in [0.25, 0.3) is 10.2 Å². The minimum Gasteiger partial charge on any atom is -0.494 e. The van der Waals surface area contributed by atoms with Crippen molar-refractivity contribution >= 4 is 55.8 Å². The number of aromatic nitrogens is 1. The Bertz CT molecular complexity index is 1100. The number of benzene rings is 2. The van der Waals surface area contributed by atoms with E-state index in [2.05, 4.69) is 4.90 Å². The Morgan fingerprint density at radius 1 is 1.22 bits per heavy atom. The largest absolute Gasteiger partial charge is 0.494 e. The normalized spacial score (nSPS) is 14.6. The summed E-state index contributed by atoms with van der Waals surface area (Å²) in [5, 5.41) is 1.49. The van der Waals surface area contributed by atoms with Gasteiger partial charge in [-0.25, -0.2) is 4.98 Å². The maximum Gasteiger partial charge on any atom is 0.260 e. The van der Waals surface area contributed by atoms with Gasteiger partial charge in [0.25, 0.3) is 5.91 Å². The lowest BCUT2D eigenvalue weighted by Crippen LogP contribution is -2.39. The van der Waals surface area contributed by atoms with E-state index in [4.69, 9.17) is 37.7 Å². The van der Waals surface area contributed by atoms with Crippen molar-refractivity contribution < 1.29 is 14.3 Å². The average molecular weight is 494 g/mol. The lowest BCUT2D eigenvalue weighted by atomic mass is 10.2. The molecule has 0 atom stereocenters. The van der Waals surface area contributed by atoms with E-state index in [1.54, 1.807) is 30.2 Å². The number of methoxy groups -OCH3 is 1. The zero-order valence-electron chi connectivity index (χ0n) is 18.1. The summed E-state index contributed by atoms with van der Waals surface area (Å²) >= 11 is 13.8. The molecule has 1 saturated heterocycles. The van der Waals surface area contributed by atoms with E-state index in [1.165, 1.54) is 11.3 Å². The molecule has 9 heteroatoms. The summed E-state index contributed by atoms with van der Waals surface area (Å²) in [6.45, 7) is 6.77. The molecule has 0 radical (unpaired) electrons. The molecule has 0 unspecified atom stereocenters. The van der Waals surface area contributed by atoms with Crippen LogP contribution in [0.15, 0.2) is 30.3 Å². The van der Waals surface area contributed by atoms with Crippen LogP contribution in [0.5, 0.6) is 5.75 Å². The average Bonchev–Trinajstić information content (AvgIpc) is 3.23. The molecule has 1 aliphatic rings. The van der Waals surface area contributed by atoms with Crippen molar-refractivity contribution in [3.05, 3.63) is 51.5 Å². The van der Waals surface area contributed by atoms with Gasteiger partial charge in [0, 0.05) is 41.8 Å². The number of hydrogen-bond acceptors (Lipinski definition) is 6. The van der Waals surface area contributed by atoms with Crippen LogP contribution < -0.4 is 9.64 Å². The Hall–Kier alpha value is -1.90. The number of morpholine rings is 1. The Labute approximate surface area is 201 Å². The van der Waals surface area contributed by atoms with E-state index < -0.39 is 0 Å². The highest BCUT2D eigenvalue weighted by molar-refractivity contribution is 7.22. The van der Waals surface area contributed by atoms with Gasteiger partial charge in [0.05, 0.1) is 25.0 Å². The van der Waals surface area contributed by atoms with E-state index in [0.29, 0.717) is 33.0 Å². The number of carbonyl (C=O) groups is 1. The van der Waals surface area contributed by atoms with Crippen LogP contribution in [0.2, 0.25) is 10.0 Å². The first-order valence-corrected chi connectivity index (χ1v) is 12.1. The van der Waals surface area contributed by atoms with Crippen molar-refractivity contribution in [2.45, 2.75) is 13.3 Å². The summed E-state index contributed by atoms with van der Waals surface area (Å²) in [5.41, 5.74) is 2.30. The summed E-state index contributed by atoms with van der Waals surface area (Å²) < 4.78 is 11.9. The molecule has 0 N–H and O–H groups in total. The quantitative estimate of drug-likeness (QED) is 0.447. The van der Waals surface area contributed by atoms with E-state index in [9.17, 15) is 4.79 Å². The van der Waals surface area contributed by atoms with Crippen LogP contribution in [0.1, 0.15) is 22.3 Å². The van der Waals surface area contributed by atoms with Gasteiger partial charge in [0.1, 0.15) is 11.3 Å². The van der Waals surface area contributed by atoms with Crippen LogP contribution >= 0.6 is 34.5 Å². The zero-order chi connectivity index (χ0) is 22.7. The minimum absolute atomic E-state index is 0.174. The van der Waals surface area contributed by atoms with Gasteiger partial charge in [-0.15, -0.1) is 0 Å². The molecule has 0 spiro atoms. The Morgan fingerprint density at radius 3 is 2.62 bits per heavy atom. The first kappa shape index (κ1) is 23.3. The van der Waals surface area contributed by atoms with Gasteiger partial charge in [-0.3, -0.25) is 14.6 Å².